The van der Waals surface area contributed by atoms with E-state index in [1.165, 1.54) is 79.2 Å². The van der Waals surface area contributed by atoms with Crippen LogP contribution in [0.4, 0.5) is 0 Å². The number of unbranched alkanes of at least 4 members (excludes halogenated alkanes) is 2. The highest BCUT2D eigenvalue weighted by molar-refractivity contribution is 5.88. The molecule has 4 rings (SSSR count). The van der Waals surface area contributed by atoms with Crippen LogP contribution in [0.25, 0.3) is 0 Å². The van der Waals surface area contributed by atoms with Crippen LogP contribution in [0.2, 0.25) is 0 Å². The largest absolute Gasteiger partial charge is 0.462 e. The van der Waals surface area contributed by atoms with Crippen molar-refractivity contribution in [1.29, 1.82) is 0 Å². The minimum absolute atomic E-state index is 0.00418. The number of carbonyl (C=O) groups is 2. The number of aliphatic hydroxyl groups excluding tert-OH is 2. The predicted octanol–water partition coefficient (Wildman–Crippen LogP) is 8.65. The fraction of sp³-hybridized carbons (Fsp3) is 0.591. The SMILES string of the molecule is C=C(CO)C(=O)OCC(COC(=O)C(=C)CO)C1CCC(C2CCC(c3ccc(CCc4ccc(CCCCC)c(CC)c4)cc3)CC2)CC1. The fourth-order valence-electron chi connectivity index (χ4n) is 8.25. The Kier molecular flexibility index (Phi) is 16.3. The summed E-state index contributed by atoms with van der Waals surface area (Å²) in [7, 11) is 0. The summed E-state index contributed by atoms with van der Waals surface area (Å²) in [4.78, 5) is 24.3. The summed E-state index contributed by atoms with van der Waals surface area (Å²) in [5.41, 5.74) is 7.43. The maximum atomic E-state index is 12.2. The van der Waals surface area contributed by atoms with Gasteiger partial charge in [-0.2, -0.15) is 0 Å². The van der Waals surface area contributed by atoms with Crippen molar-refractivity contribution in [1.82, 2.24) is 0 Å². The number of aliphatic hydroxyl groups is 2. The lowest BCUT2D eigenvalue weighted by molar-refractivity contribution is -0.146. The number of hydrogen-bond acceptors (Lipinski definition) is 6. The molecule has 0 aliphatic heterocycles. The summed E-state index contributed by atoms with van der Waals surface area (Å²) in [5.74, 6) is 0.917. The van der Waals surface area contributed by atoms with Gasteiger partial charge in [-0.25, -0.2) is 9.59 Å². The van der Waals surface area contributed by atoms with Crippen LogP contribution in [-0.4, -0.2) is 48.6 Å². The monoisotopic (exact) mass is 686 g/mol. The third-order valence-corrected chi connectivity index (χ3v) is 11.6. The molecule has 0 atom stereocenters. The van der Waals surface area contributed by atoms with E-state index in [1.54, 1.807) is 0 Å². The van der Waals surface area contributed by atoms with Gasteiger partial charge in [-0.3, -0.25) is 0 Å². The number of aryl methyl sites for hydroxylation is 4. The molecule has 50 heavy (non-hydrogen) atoms. The van der Waals surface area contributed by atoms with Crippen molar-refractivity contribution in [2.75, 3.05) is 26.4 Å². The molecule has 2 fully saturated rings. The zero-order valence-corrected chi connectivity index (χ0v) is 30.8. The Balaban J connectivity index is 1.22. The van der Waals surface area contributed by atoms with Gasteiger partial charge in [-0.1, -0.05) is 82.3 Å². The van der Waals surface area contributed by atoms with E-state index in [0.717, 1.165) is 50.9 Å². The Morgan fingerprint density at radius 3 is 1.78 bits per heavy atom. The Morgan fingerprint density at radius 1 is 0.700 bits per heavy atom. The average Bonchev–Trinajstić information content (AvgIpc) is 3.16. The van der Waals surface area contributed by atoms with E-state index < -0.39 is 25.2 Å². The van der Waals surface area contributed by atoms with Gasteiger partial charge < -0.3 is 19.7 Å². The maximum Gasteiger partial charge on any atom is 0.335 e. The average molecular weight is 687 g/mol. The van der Waals surface area contributed by atoms with E-state index in [9.17, 15) is 19.8 Å². The van der Waals surface area contributed by atoms with Crippen LogP contribution in [0, 0.1) is 23.7 Å². The zero-order chi connectivity index (χ0) is 35.9. The van der Waals surface area contributed by atoms with E-state index >= 15 is 0 Å². The summed E-state index contributed by atoms with van der Waals surface area (Å²) >= 11 is 0. The lowest BCUT2D eigenvalue weighted by Gasteiger charge is -2.39. The van der Waals surface area contributed by atoms with Gasteiger partial charge in [0.2, 0.25) is 0 Å². The van der Waals surface area contributed by atoms with Crippen LogP contribution in [0.3, 0.4) is 0 Å². The van der Waals surface area contributed by atoms with E-state index in [-0.39, 0.29) is 36.2 Å². The van der Waals surface area contributed by atoms with E-state index in [0.29, 0.717) is 11.8 Å². The second-order valence-corrected chi connectivity index (χ2v) is 14.9. The molecule has 0 heterocycles. The first kappa shape index (κ1) is 39.6. The van der Waals surface area contributed by atoms with Crippen LogP contribution in [0.1, 0.15) is 118 Å². The number of benzene rings is 2. The summed E-state index contributed by atoms with van der Waals surface area (Å²) in [6, 6.07) is 16.6. The first-order valence-corrected chi connectivity index (χ1v) is 19.4. The first-order chi connectivity index (χ1) is 24.3. The highest BCUT2D eigenvalue weighted by Crippen LogP contribution is 2.45. The summed E-state index contributed by atoms with van der Waals surface area (Å²) in [6.07, 6.45) is 17.6. The Bertz CT molecular complexity index is 1350. The van der Waals surface area contributed by atoms with E-state index in [2.05, 4.69) is 69.5 Å². The molecular weight excluding hydrogens is 624 g/mol. The van der Waals surface area contributed by atoms with Crippen LogP contribution in [-0.2, 0) is 44.7 Å². The molecule has 6 heteroatoms. The van der Waals surface area contributed by atoms with Gasteiger partial charge in [0.05, 0.1) is 37.6 Å². The second kappa shape index (κ2) is 20.6. The van der Waals surface area contributed by atoms with Crippen molar-refractivity contribution < 1.29 is 29.3 Å². The van der Waals surface area contributed by atoms with Gasteiger partial charge in [0, 0.05) is 5.92 Å². The van der Waals surface area contributed by atoms with Crippen molar-refractivity contribution in [3.63, 3.8) is 0 Å². The minimum Gasteiger partial charge on any atom is -0.462 e. The maximum absolute atomic E-state index is 12.2. The number of rotatable bonds is 19. The Labute approximate surface area is 301 Å². The Morgan fingerprint density at radius 2 is 1.24 bits per heavy atom. The normalized spacial score (nSPS) is 20.7. The van der Waals surface area contributed by atoms with Gasteiger partial charge >= 0.3 is 11.9 Å². The summed E-state index contributed by atoms with van der Waals surface area (Å²) in [5, 5.41) is 18.4. The van der Waals surface area contributed by atoms with Crippen molar-refractivity contribution in [3.05, 3.63) is 94.6 Å². The summed E-state index contributed by atoms with van der Waals surface area (Å²) in [6.45, 7) is 10.9. The lowest BCUT2D eigenvalue weighted by Crippen LogP contribution is -2.33. The molecule has 2 aliphatic rings. The molecule has 0 saturated heterocycles. The van der Waals surface area contributed by atoms with Gasteiger partial charge in [0.25, 0.3) is 0 Å². The fourth-order valence-corrected chi connectivity index (χ4v) is 8.25. The quantitative estimate of drug-likeness (QED) is 0.0873. The molecule has 2 aromatic carbocycles. The molecule has 2 saturated carbocycles. The molecule has 0 aromatic heterocycles. The Hall–Kier alpha value is -3.22. The molecule has 6 nitrogen and oxygen atoms in total. The van der Waals surface area contributed by atoms with Gasteiger partial charge in [0.15, 0.2) is 0 Å². The number of ether oxygens (including phenoxy) is 2. The molecular formula is C44H62O6. The van der Waals surface area contributed by atoms with Gasteiger partial charge in [-0.15, -0.1) is 0 Å². The van der Waals surface area contributed by atoms with Crippen molar-refractivity contribution in [3.8, 4) is 0 Å². The number of carbonyl (C=O) groups excluding carboxylic acids is 2. The first-order valence-electron chi connectivity index (χ1n) is 19.4. The van der Waals surface area contributed by atoms with Crippen LogP contribution in [0.15, 0.2) is 66.8 Å². The second-order valence-electron chi connectivity index (χ2n) is 14.9. The van der Waals surface area contributed by atoms with E-state index in [1.807, 2.05) is 0 Å². The molecule has 0 bridgehead atoms. The van der Waals surface area contributed by atoms with Crippen molar-refractivity contribution in [2.45, 2.75) is 116 Å². The third kappa shape index (κ3) is 11.7. The van der Waals surface area contributed by atoms with E-state index in [4.69, 9.17) is 9.47 Å². The topological polar surface area (TPSA) is 93.1 Å². The van der Waals surface area contributed by atoms with Crippen LogP contribution >= 0.6 is 0 Å². The number of hydrogen-bond donors (Lipinski definition) is 2. The molecule has 0 radical (unpaired) electrons. The highest BCUT2D eigenvalue weighted by Gasteiger charge is 2.34. The standard InChI is InChI=1S/C44H62O6/c1-5-7-8-9-36-17-14-34(26-35(36)6-2)11-10-33-12-15-37(16-13-33)38-18-20-39(21-19-38)40-22-24-41(25-23-40)42(29-49-43(47)31(3)27-45)30-50-44(48)32(4)28-46/h12-17,26,38-42,45-46H,3-11,18-25,27-30H2,1-2H3. The molecule has 2 aliphatic carbocycles. The van der Waals surface area contributed by atoms with Crippen molar-refractivity contribution >= 4 is 11.9 Å². The predicted molar refractivity (Wildman–Crippen MR) is 201 cm³/mol. The zero-order valence-electron chi connectivity index (χ0n) is 30.8. The van der Waals surface area contributed by atoms with Crippen LogP contribution < -0.4 is 0 Å². The summed E-state index contributed by atoms with van der Waals surface area (Å²) < 4.78 is 10.9. The highest BCUT2D eigenvalue weighted by atomic mass is 16.5. The molecule has 0 unspecified atom stereocenters. The van der Waals surface area contributed by atoms with Gasteiger partial charge in [-0.05, 0) is 135 Å². The molecule has 274 valence electrons. The third-order valence-electron chi connectivity index (χ3n) is 11.6. The van der Waals surface area contributed by atoms with Gasteiger partial charge in [0.1, 0.15) is 0 Å². The number of esters is 2. The molecule has 2 N–H and O–H groups in total. The molecule has 2 aromatic rings. The smallest absolute Gasteiger partial charge is 0.335 e. The lowest BCUT2D eigenvalue weighted by atomic mass is 9.67. The minimum atomic E-state index is -0.632. The van der Waals surface area contributed by atoms with Crippen LogP contribution in [0.5, 0.6) is 0 Å². The molecule has 0 spiro atoms. The molecule has 0 amide bonds. The van der Waals surface area contributed by atoms with Crippen molar-refractivity contribution in [2.24, 2.45) is 23.7 Å².